The highest BCUT2D eigenvalue weighted by atomic mass is 19.1. The van der Waals surface area contributed by atoms with E-state index in [4.69, 9.17) is 5.11 Å². The molecule has 1 aromatic carbocycles. The van der Waals surface area contributed by atoms with Gasteiger partial charge in [-0.25, -0.2) is 4.39 Å². The van der Waals surface area contributed by atoms with Crippen molar-refractivity contribution in [2.45, 2.75) is 52.1 Å². The minimum atomic E-state index is -0.544. The van der Waals surface area contributed by atoms with Crippen LogP contribution in [-0.4, -0.2) is 11.1 Å². The van der Waals surface area contributed by atoms with Gasteiger partial charge in [0.25, 0.3) is 0 Å². The number of phenolic OH excluding ortho intramolecular Hbond substituents is 1. The van der Waals surface area contributed by atoms with E-state index in [1.165, 1.54) is 37.8 Å². The molecule has 0 radical (unpaired) electrons. The second-order valence-corrected chi connectivity index (χ2v) is 5.95. The molecule has 1 atom stereocenters. The standard InChI is InChI=1S/C15H22FNO/c1-15(2)8-4-3-5-14(15)17-10-11-6-7-13(18)12(16)9-11/h6-7,9,14,17-18H,3-5,8,10H2,1-2H3. The third-order valence-electron chi connectivity index (χ3n) is 4.07. The van der Waals surface area contributed by atoms with Crippen LogP contribution in [0.15, 0.2) is 18.2 Å². The van der Waals surface area contributed by atoms with E-state index in [-0.39, 0.29) is 5.75 Å². The van der Waals surface area contributed by atoms with E-state index >= 15 is 0 Å². The van der Waals surface area contributed by atoms with Crippen molar-refractivity contribution in [2.24, 2.45) is 5.41 Å². The highest BCUT2D eigenvalue weighted by Gasteiger charge is 2.31. The summed E-state index contributed by atoms with van der Waals surface area (Å²) >= 11 is 0. The largest absolute Gasteiger partial charge is 0.505 e. The Labute approximate surface area is 108 Å². The number of hydrogen-bond acceptors (Lipinski definition) is 2. The molecule has 0 amide bonds. The van der Waals surface area contributed by atoms with Gasteiger partial charge in [0.2, 0.25) is 0 Å². The van der Waals surface area contributed by atoms with Crippen molar-refractivity contribution in [3.8, 4) is 5.75 Å². The van der Waals surface area contributed by atoms with E-state index in [1.54, 1.807) is 6.07 Å². The van der Waals surface area contributed by atoms with E-state index in [0.29, 0.717) is 18.0 Å². The van der Waals surface area contributed by atoms with Gasteiger partial charge in [0.15, 0.2) is 11.6 Å². The van der Waals surface area contributed by atoms with Crippen LogP contribution in [0.3, 0.4) is 0 Å². The van der Waals surface area contributed by atoms with Gasteiger partial charge in [-0.05, 0) is 36.0 Å². The number of halogens is 1. The molecule has 1 unspecified atom stereocenters. The third-order valence-corrected chi connectivity index (χ3v) is 4.07. The van der Waals surface area contributed by atoms with Gasteiger partial charge in [0.1, 0.15) is 0 Å². The third kappa shape index (κ3) is 3.02. The van der Waals surface area contributed by atoms with Gasteiger partial charge in [-0.2, -0.15) is 0 Å². The first-order chi connectivity index (χ1) is 8.49. The Bertz CT molecular complexity index is 417. The maximum Gasteiger partial charge on any atom is 0.165 e. The SMILES string of the molecule is CC1(C)CCCCC1NCc1ccc(O)c(F)c1. The van der Waals surface area contributed by atoms with Crippen molar-refractivity contribution < 1.29 is 9.50 Å². The van der Waals surface area contributed by atoms with Crippen LogP contribution in [0.25, 0.3) is 0 Å². The normalized spacial score (nSPS) is 22.9. The second-order valence-electron chi connectivity index (χ2n) is 5.95. The van der Waals surface area contributed by atoms with Crippen molar-refractivity contribution in [1.29, 1.82) is 0 Å². The lowest BCUT2D eigenvalue weighted by Gasteiger charge is -2.39. The van der Waals surface area contributed by atoms with E-state index in [9.17, 15) is 4.39 Å². The molecule has 1 aromatic rings. The minimum absolute atomic E-state index is 0.281. The lowest BCUT2D eigenvalue weighted by molar-refractivity contribution is 0.166. The summed E-state index contributed by atoms with van der Waals surface area (Å²) in [6.45, 7) is 5.24. The molecule has 18 heavy (non-hydrogen) atoms. The fraction of sp³-hybridized carbons (Fsp3) is 0.600. The molecule has 1 fully saturated rings. The zero-order valence-electron chi connectivity index (χ0n) is 11.2. The van der Waals surface area contributed by atoms with Crippen LogP contribution in [0, 0.1) is 11.2 Å². The second kappa shape index (κ2) is 5.27. The predicted octanol–water partition coefficient (Wildman–Crippen LogP) is 3.59. The zero-order chi connectivity index (χ0) is 13.2. The Kier molecular flexibility index (Phi) is 3.91. The van der Waals surface area contributed by atoms with Crippen LogP contribution in [-0.2, 0) is 6.54 Å². The molecule has 100 valence electrons. The predicted molar refractivity (Wildman–Crippen MR) is 70.9 cm³/mol. The maximum absolute atomic E-state index is 13.2. The highest BCUT2D eigenvalue weighted by Crippen LogP contribution is 2.35. The molecule has 1 aliphatic rings. The van der Waals surface area contributed by atoms with Crippen LogP contribution < -0.4 is 5.32 Å². The minimum Gasteiger partial charge on any atom is -0.505 e. The molecule has 2 N–H and O–H groups in total. The number of aromatic hydroxyl groups is 1. The zero-order valence-corrected chi connectivity index (χ0v) is 11.2. The molecule has 0 heterocycles. The van der Waals surface area contributed by atoms with Crippen LogP contribution in [0.5, 0.6) is 5.75 Å². The van der Waals surface area contributed by atoms with Crippen LogP contribution in [0.4, 0.5) is 4.39 Å². The van der Waals surface area contributed by atoms with Gasteiger partial charge in [0.05, 0.1) is 0 Å². The highest BCUT2D eigenvalue weighted by molar-refractivity contribution is 5.27. The first-order valence-electron chi connectivity index (χ1n) is 6.70. The van der Waals surface area contributed by atoms with Crippen molar-refractivity contribution in [2.75, 3.05) is 0 Å². The molecule has 0 spiro atoms. The summed E-state index contributed by atoms with van der Waals surface area (Å²) in [6, 6.07) is 5.07. The van der Waals surface area contributed by atoms with Gasteiger partial charge in [-0.15, -0.1) is 0 Å². The monoisotopic (exact) mass is 251 g/mol. The van der Waals surface area contributed by atoms with Crippen molar-refractivity contribution >= 4 is 0 Å². The lowest BCUT2D eigenvalue weighted by atomic mass is 9.73. The topological polar surface area (TPSA) is 32.3 Å². The average Bonchev–Trinajstić information content (AvgIpc) is 2.31. The average molecular weight is 251 g/mol. The molecule has 0 bridgehead atoms. The number of hydrogen-bond donors (Lipinski definition) is 2. The Hall–Kier alpha value is -1.09. The van der Waals surface area contributed by atoms with E-state index < -0.39 is 5.82 Å². The summed E-state index contributed by atoms with van der Waals surface area (Å²) in [6.07, 6.45) is 5.01. The van der Waals surface area contributed by atoms with E-state index in [1.807, 2.05) is 0 Å². The van der Waals surface area contributed by atoms with Crippen LogP contribution >= 0.6 is 0 Å². The van der Waals surface area contributed by atoms with Crippen LogP contribution in [0.2, 0.25) is 0 Å². The Morgan fingerprint density at radius 1 is 1.39 bits per heavy atom. The molecule has 3 heteroatoms. The van der Waals surface area contributed by atoms with Crippen molar-refractivity contribution in [3.63, 3.8) is 0 Å². The summed E-state index contributed by atoms with van der Waals surface area (Å²) in [5.74, 6) is -0.825. The number of nitrogens with one attached hydrogen (secondary N) is 1. The molecular weight excluding hydrogens is 229 g/mol. The summed E-state index contributed by atoms with van der Waals surface area (Å²) in [5, 5.41) is 12.7. The summed E-state index contributed by atoms with van der Waals surface area (Å²) in [7, 11) is 0. The molecule has 0 aromatic heterocycles. The molecular formula is C15H22FNO. The quantitative estimate of drug-likeness (QED) is 0.860. The Morgan fingerprint density at radius 2 is 2.17 bits per heavy atom. The number of rotatable bonds is 3. The summed E-state index contributed by atoms with van der Waals surface area (Å²) < 4.78 is 13.2. The van der Waals surface area contributed by atoms with Gasteiger partial charge in [0, 0.05) is 12.6 Å². The van der Waals surface area contributed by atoms with E-state index in [2.05, 4.69) is 19.2 Å². The van der Waals surface area contributed by atoms with Crippen molar-refractivity contribution in [3.05, 3.63) is 29.6 Å². The fourth-order valence-electron chi connectivity index (χ4n) is 2.77. The Balaban J connectivity index is 1.96. The van der Waals surface area contributed by atoms with Gasteiger partial charge in [-0.3, -0.25) is 0 Å². The molecule has 1 saturated carbocycles. The van der Waals surface area contributed by atoms with Crippen molar-refractivity contribution in [1.82, 2.24) is 5.32 Å². The fourth-order valence-corrected chi connectivity index (χ4v) is 2.77. The van der Waals surface area contributed by atoms with Gasteiger partial charge in [-0.1, -0.05) is 32.8 Å². The Morgan fingerprint density at radius 3 is 2.83 bits per heavy atom. The number of phenols is 1. The summed E-state index contributed by atoms with van der Waals surface area (Å²) in [4.78, 5) is 0. The van der Waals surface area contributed by atoms with Gasteiger partial charge >= 0.3 is 0 Å². The van der Waals surface area contributed by atoms with E-state index in [0.717, 1.165) is 5.56 Å². The first kappa shape index (κ1) is 13.3. The van der Waals surface area contributed by atoms with Crippen LogP contribution in [0.1, 0.15) is 45.1 Å². The molecule has 0 saturated heterocycles. The number of benzene rings is 1. The molecule has 2 rings (SSSR count). The molecule has 2 nitrogen and oxygen atoms in total. The summed E-state index contributed by atoms with van der Waals surface area (Å²) in [5.41, 5.74) is 1.19. The van der Waals surface area contributed by atoms with Gasteiger partial charge < -0.3 is 10.4 Å². The molecule has 0 aliphatic heterocycles. The lowest BCUT2D eigenvalue weighted by Crippen LogP contribution is -2.43. The first-order valence-corrected chi connectivity index (χ1v) is 6.70. The molecule has 1 aliphatic carbocycles. The maximum atomic E-state index is 13.2. The smallest absolute Gasteiger partial charge is 0.165 e.